The topological polar surface area (TPSA) is 68.7 Å². The highest BCUT2D eigenvalue weighted by Crippen LogP contribution is 2.38. The summed E-state index contributed by atoms with van der Waals surface area (Å²) in [4.78, 5) is 15.0. The highest BCUT2D eigenvalue weighted by Gasteiger charge is 2.29. The van der Waals surface area contributed by atoms with Crippen LogP contribution in [0.5, 0.6) is 0 Å². The molecule has 6 heteroatoms. The molecule has 0 unspecified atom stereocenters. The van der Waals surface area contributed by atoms with Gasteiger partial charge in [-0.25, -0.2) is 0 Å². The first kappa shape index (κ1) is 18.4. The molecule has 0 radical (unpaired) electrons. The summed E-state index contributed by atoms with van der Waals surface area (Å²) in [5, 5.41) is 2.21. The molecule has 5 rings (SSSR count). The summed E-state index contributed by atoms with van der Waals surface area (Å²) in [6.07, 6.45) is -0.188. The number of aryl methyl sites for hydroxylation is 1. The fourth-order valence-electron chi connectivity index (χ4n) is 4.17. The van der Waals surface area contributed by atoms with Gasteiger partial charge in [-0.3, -0.25) is 9.69 Å². The zero-order valence-corrected chi connectivity index (χ0v) is 17.0. The predicted molar refractivity (Wildman–Crippen MR) is 115 cm³/mol. The Morgan fingerprint density at radius 3 is 2.72 bits per heavy atom. The molecule has 2 aromatic heterocycles. The van der Waals surface area contributed by atoms with Crippen LogP contribution >= 0.6 is 11.3 Å². The second-order valence-electron chi connectivity index (χ2n) is 7.45. The van der Waals surface area contributed by atoms with Crippen LogP contribution in [0.3, 0.4) is 0 Å². The number of para-hydroxylation sites is 1. The first-order valence-corrected chi connectivity index (χ1v) is 10.6. The first-order chi connectivity index (χ1) is 14.1. The third-order valence-electron chi connectivity index (χ3n) is 5.64. The van der Waals surface area contributed by atoms with Gasteiger partial charge in [-0.2, -0.15) is 0 Å². The Kier molecular flexibility index (Phi) is 4.62. The molecule has 0 saturated carbocycles. The molecule has 0 bridgehead atoms. The number of ether oxygens (including phenoxy) is 1. The van der Waals surface area contributed by atoms with Crippen molar-refractivity contribution in [3.8, 4) is 0 Å². The van der Waals surface area contributed by atoms with E-state index in [2.05, 4.69) is 17.9 Å². The van der Waals surface area contributed by atoms with Crippen molar-refractivity contribution in [3.63, 3.8) is 0 Å². The van der Waals surface area contributed by atoms with E-state index < -0.39 is 5.91 Å². The smallest absolute Gasteiger partial charge is 0.259 e. The lowest BCUT2D eigenvalue weighted by Crippen LogP contribution is -2.38. The van der Waals surface area contributed by atoms with Gasteiger partial charge in [0.25, 0.3) is 5.91 Å². The van der Waals surface area contributed by atoms with E-state index in [1.807, 2.05) is 42.5 Å². The zero-order valence-electron chi connectivity index (χ0n) is 16.2. The zero-order chi connectivity index (χ0) is 20.0. The van der Waals surface area contributed by atoms with Gasteiger partial charge in [-0.15, -0.1) is 11.3 Å². The van der Waals surface area contributed by atoms with E-state index in [1.165, 1.54) is 16.9 Å². The van der Waals surface area contributed by atoms with E-state index >= 15 is 0 Å². The summed E-state index contributed by atoms with van der Waals surface area (Å²) in [6.45, 7) is 4.94. The summed E-state index contributed by atoms with van der Waals surface area (Å²) in [5.41, 5.74) is 8.72. The van der Waals surface area contributed by atoms with E-state index in [-0.39, 0.29) is 6.10 Å². The number of furan rings is 1. The molecule has 1 amide bonds. The summed E-state index contributed by atoms with van der Waals surface area (Å²) >= 11 is 1.44. The van der Waals surface area contributed by atoms with Crippen LogP contribution in [0.25, 0.3) is 21.1 Å². The summed E-state index contributed by atoms with van der Waals surface area (Å²) in [5.74, 6) is 0.590. The van der Waals surface area contributed by atoms with E-state index in [1.54, 1.807) is 0 Å². The minimum atomic E-state index is -0.393. The van der Waals surface area contributed by atoms with Crippen molar-refractivity contribution in [1.29, 1.82) is 0 Å². The Morgan fingerprint density at radius 1 is 1.17 bits per heavy atom. The monoisotopic (exact) mass is 406 g/mol. The molecule has 148 valence electrons. The number of benzene rings is 2. The minimum absolute atomic E-state index is 0.188. The van der Waals surface area contributed by atoms with Crippen LogP contribution in [0.1, 0.15) is 32.7 Å². The largest absolute Gasteiger partial charge is 0.459 e. The molecule has 0 spiro atoms. The van der Waals surface area contributed by atoms with E-state index in [9.17, 15) is 4.79 Å². The summed E-state index contributed by atoms with van der Waals surface area (Å²) in [7, 11) is 0. The molecule has 0 aliphatic carbocycles. The van der Waals surface area contributed by atoms with E-state index in [4.69, 9.17) is 14.9 Å². The lowest BCUT2D eigenvalue weighted by molar-refractivity contribution is -0.0340. The molecule has 5 nitrogen and oxygen atoms in total. The third kappa shape index (κ3) is 3.23. The maximum atomic E-state index is 12.1. The van der Waals surface area contributed by atoms with Crippen molar-refractivity contribution >= 4 is 38.3 Å². The predicted octanol–water partition coefficient (Wildman–Crippen LogP) is 4.63. The molecule has 3 heterocycles. The van der Waals surface area contributed by atoms with Crippen LogP contribution in [0, 0.1) is 6.92 Å². The Hall–Kier alpha value is -2.67. The number of nitrogens with zero attached hydrogens (tertiary/aromatic N) is 1. The van der Waals surface area contributed by atoms with Crippen LogP contribution < -0.4 is 5.73 Å². The maximum absolute atomic E-state index is 12.1. The van der Waals surface area contributed by atoms with Gasteiger partial charge in [0.1, 0.15) is 11.3 Å². The van der Waals surface area contributed by atoms with Crippen molar-refractivity contribution in [2.24, 2.45) is 5.73 Å². The van der Waals surface area contributed by atoms with Crippen LogP contribution in [-0.2, 0) is 11.3 Å². The number of carbonyl (C=O) groups is 1. The fourth-order valence-corrected chi connectivity index (χ4v) is 5.27. The van der Waals surface area contributed by atoms with Crippen LogP contribution in [0.15, 0.2) is 52.9 Å². The Labute approximate surface area is 172 Å². The van der Waals surface area contributed by atoms with Crippen LogP contribution in [-0.4, -0.2) is 30.5 Å². The molecule has 1 atom stereocenters. The van der Waals surface area contributed by atoms with Crippen molar-refractivity contribution in [2.75, 3.05) is 19.7 Å². The summed E-state index contributed by atoms with van der Waals surface area (Å²) < 4.78 is 13.3. The molecule has 29 heavy (non-hydrogen) atoms. The quantitative estimate of drug-likeness (QED) is 0.537. The van der Waals surface area contributed by atoms with E-state index in [0.717, 1.165) is 38.9 Å². The number of carbonyl (C=O) groups excluding carboxylic acids is 1. The first-order valence-electron chi connectivity index (χ1n) is 9.74. The van der Waals surface area contributed by atoms with Gasteiger partial charge < -0.3 is 14.9 Å². The van der Waals surface area contributed by atoms with Gasteiger partial charge in [0.15, 0.2) is 0 Å². The van der Waals surface area contributed by atoms with E-state index in [0.29, 0.717) is 24.6 Å². The Balaban J connectivity index is 1.45. The second kappa shape index (κ2) is 7.30. The normalized spacial score (nSPS) is 17.9. The van der Waals surface area contributed by atoms with Crippen molar-refractivity contribution in [1.82, 2.24) is 4.90 Å². The molecule has 1 fully saturated rings. The Bertz CT molecular complexity index is 1210. The average molecular weight is 407 g/mol. The Morgan fingerprint density at radius 2 is 1.93 bits per heavy atom. The van der Waals surface area contributed by atoms with Gasteiger partial charge >= 0.3 is 0 Å². The minimum Gasteiger partial charge on any atom is -0.459 e. The standard InChI is InChI=1S/C23H22N2O3S/c1-14-15-6-2-4-8-17(15)28-18(14)12-25-10-11-27-19(13-25)21-16-7-3-5-9-20(16)29-22(21)23(24)26/h2-9,19H,10-13H2,1H3,(H2,24,26)/t19-/m1/s1. The lowest BCUT2D eigenvalue weighted by Gasteiger charge is -2.33. The van der Waals surface area contributed by atoms with Gasteiger partial charge in [-0.05, 0) is 30.0 Å². The number of fused-ring (bicyclic) bond motifs is 2. The average Bonchev–Trinajstić information content (AvgIpc) is 3.27. The lowest BCUT2D eigenvalue weighted by atomic mass is 10.0. The van der Waals surface area contributed by atoms with Gasteiger partial charge in [0.05, 0.1) is 24.1 Å². The third-order valence-corrected chi connectivity index (χ3v) is 6.84. The molecular weight excluding hydrogens is 384 g/mol. The number of hydrogen-bond acceptors (Lipinski definition) is 5. The van der Waals surface area contributed by atoms with Crippen LogP contribution in [0.2, 0.25) is 0 Å². The van der Waals surface area contributed by atoms with Crippen molar-refractivity contribution in [3.05, 3.63) is 70.3 Å². The number of primary amides is 1. The molecule has 1 aliphatic rings. The fraction of sp³-hybridized carbons (Fsp3) is 0.261. The van der Waals surface area contributed by atoms with Gasteiger partial charge in [-0.1, -0.05) is 36.4 Å². The number of thiophene rings is 1. The molecule has 1 saturated heterocycles. The number of nitrogens with two attached hydrogens (primary N) is 1. The second-order valence-corrected chi connectivity index (χ2v) is 8.50. The number of amides is 1. The molecule has 2 aromatic carbocycles. The van der Waals surface area contributed by atoms with Crippen LogP contribution in [0.4, 0.5) is 0 Å². The van der Waals surface area contributed by atoms with Gasteiger partial charge in [0.2, 0.25) is 0 Å². The molecule has 4 aromatic rings. The van der Waals surface area contributed by atoms with Gasteiger partial charge in [0, 0.05) is 28.7 Å². The molecular formula is C23H22N2O3S. The molecule has 1 aliphatic heterocycles. The van der Waals surface area contributed by atoms with Crippen molar-refractivity contribution in [2.45, 2.75) is 19.6 Å². The highest BCUT2D eigenvalue weighted by molar-refractivity contribution is 7.21. The summed E-state index contributed by atoms with van der Waals surface area (Å²) in [6, 6.07) is 16.2. The SMILES string of the molecule is Cc1c(CN2CCO[C@@H](c3c(C(N)=O)sc4ccccc34)C2)oc2ccccc12. The molecule has 2 N–H and O–H groups in total. The number of hydrogen-bond donors (Lipinski definition) is 1. The number of rotatable bonds is 4. The highest BCUT2D eigenvalue weighted by atomic mass is 32.1. The number of morpholine rings is 1. The maximum Gasteiger partial charge on any atom is 0.259 e. The van der Waals surface area contributed by atoms with Crippen molar-refractivity contribution < 1.29 is 13.9 Å².